The van der Waals surface area contributed by atoms with Gasteiger partial charge in [-0.2, -0.15) is 17.8 Å². The third-order valence-electron chi connectivity index (χ3n) is 4.88. The van der Waals surface area contributed by atoms with Crippen molar-refractivity contribution in [2.24, 2.45) is 9.39 Å². The molecule has 2 aliphatic rings. The molecule has 14 heteroatoms. The summed E-state index contributed by atoms with van der Waals surface area (Å²) in [6.07, 6.45) is 1.32. The number of amidine groups is 3. The van der Waals surface area contributed by atoms with Crippen LogP contribution in [0, 0.1) is 5.41 Å². The van der Waals surface area contributed by atoms with E-state index in [2.05, 4.69) is 9.39 Å². The predicted molar refractivity (Wildman–Crippen MR) is 132 cm³/mol. The van der Waals surface area contributed by atoms with Gasteiger partial charge in [0.1, 0.15) is 10.7 Å². The van der Waals surface area contributed by atoms with Gasteiger partial charge < -0.3 is 8.92 Å². The molecule has 0 aromatic heterocycles. The van der Waals surface area contributed by atoms with Crippen LogP contribution in [-0.2, 0) is 24.7 Å². The number of rotatable bonds is 6. The maximum Gasteiger partial charge on any atom is 0.339 e. The van der Waals surface area contributed by atoms with Crippen molar-refractivity contribution in [3.63, 3.8) is 0 Å². The fourth-order valence-electron chi connectivity index (χ4n) is 3.09. The Morgan fingerprint density at radius 3 is 2.46 bits per heavy atom. The topological polar surface area (TPSA) is 156 Å². The summed E-state index contributed by atoms with van der Waals surface area (Å²) >= 11 is 0.706. The first-order chi connectivity index (χ1) is 16.6. The van der Waals surface area contributed by atoms with Crippen molar-refractivity contribution in [3.8, 4) is 11.5 Å². The summed E-state index contributed by atoms with van der Waals surface area (Å²) in [4.78, 5) is 17.4. The fourth-order valence-corrected chi connectivity index (χ4v) is 6.02. The number of methoxy groups -OCH3 is 1. The van der Waals surface area contributed by atoms with E-state index in [9.17, 15) is 21.6 Å². The minimum Gasteiger partial charge on any atom is -0.493 e. The molecule has 2 heterocycles. The van der Waals surface area contributed by atoms with E-state index in [-0.39, 0.29) is 38.1 Å². The van der Waals surface area contributed by atoms with E-state index in [1.807, 2.05) is 0 Å². The molecule has 2 aromatic carbocycles. The van der Waals surface area contributed by atoms with Crippen LogP contribution in [0.15, 0.2) is 68.4 Å². The third-order valence-corrected chi connectivity index (χ3v) is 8.54. The molecule has 35 heavy (non-hydrogen) atoms. The van der Waals surface area contributed by atoms with E-state index >= 15 is 0 Å². The maximum atomic E-state index is 12.6. The number of sulfone groups is 1. The monoisotopic (exact) mass is 534 g/mol. The molecule has 1 N–H and O–H groups in total. The largest absolute Gasteiger partial charge is 0.493 e. The smallest absolute Gasteiger partial charge is 0.339 e. The van der Waals surface area contributed by atoms with E-state index in [0.717, 1.165) is 4.90 Å². The van der Waals surface area contributed by atoms with Crippen molar-refractivity contribution in [2.75, 3.05) is 12.9 Å². The highest BCUT2D eigenvalue weighted by Gasteiger charge is 2.42. The molecular weight excluding hydrogens is 516 g/mol. The van der Waals surface area contributed by atoms with Gasteiger partial charge in [-0.1, -0.05) is 31.2 Å². The Balaban J connectivity index is 1.67. The number of carbonyl (C=O) groups excluding carboxylic acids is 1. The summed E-state index contributed by atoms with van der Waals surface area (Å²) < 4.78 is 64.2. The first-order valence-electron chi connectivity index (χ1n) is 9.96. The molecule has 182 valence electrons. The Morgan fingerprint density at radius 1 is 1.09 bits per heavy atom. The second-order valence-corrected chi connectivity index (χ2v) is 11.5. The van der Waals surface area contributed by atoms with E-state index in [4.69, 9.17) is 14.3 Å². The molecule has 2 aliphatic heterocycles. The molecule has 0 spiro atoms. The van der Waals surface area contributed by atoms with Crippen LogP contribution in [0.25, 0.3) is 6.08 Å². The number of hydrogen-bond donors (Lipinski definition) is 1. The number of nitrogens with one attached hydrogen (secondary N) is 1. The number of amides is 1. The van der Waals surface area contributed by atoms with Crippen molar-refractivity contribution in [2.45, 2.75) is 11.8 Å². The lowest BCUT2D eigenvalue weighted by atomic mass is 10.1. The molecule has 0 radical (unpaired) electrons. The highest BCUT2D eigenvalue weighted by Crippen LogP contribution is 2.33. The number of benzene rings is 2. The van der Waals surface area contributed by atoms with Gasteiger partial charge in [-0.25, -0.2) is 13.3 Å². The van der Waals surface area contributed by atoms with Crippen LogP contribution in [0.5, 0.6) is 11.5 Å². The maximum absolute atomic E-state index is 12.6. The summed E-state index contributed by atoms with van der Waals surface area (Å²) in [5, 5.41) is 8.08. The molecule has 0 unspecified atom stereocenters. The highest BCUT2D eigenvalue weighted by atomic mass is 32.2. The molecule has 0 atom stereocenters. The van der Waals surface area contributed by atoms with Gasteiger partial charge in [-0.05, 0) is 35.9 Å². The molecule has 0 saturated heterocycles. The molecule has 2 aromatic rings. The summed E-state index contributed by atoms with van der Waals surface area (Å²) in [6.45, 7) is 1.45. The Bertz CT molecular complexity index is 1530. The normalized spacial score (nSPS) is 17.2. The van der Waals surface area contributed by atoms with Gasteiger partial charge in [0, 0.05) is 0 Å². The van der Waals surface area contributed by atoms with Gasteiger partial charge in [0.15, 0.2) is 11.5 Å². The Kier molecular flexibility index (Phi) is 6.53. The minimum absolute atomic E-state index is 0.0170. The van der Waals surface area contributed by atoms with Crippen LogP contribution in [0.2, 0.25) is 0 Å². The number of aliphatic imine (C=N–C) groups is 1. The molecule has 0 fully saturated rings. The van der Waals surface area contributed by atoms with Crippen LogP contribution in [0.4, 0.5) is 0 Å². The van der Waals surface area contributed by atoms with Gasteiger partial charge in [-0.3, -0.25) is 10.2 Å². The zero-order chi connectivity index (χ0) is 25.4. The Morgan fingerprint density at radius 2 is 1.80 bits per heavy atom. The average Bonchev–Trinajstić information content (AvgIpc) is 3.27. The van der Waals surface area contributed by atoms with Gasteiger partial charge in [0.25, 0.3) is 5.91 Å². The minimum atomic E-state index is -4.12. The number of carbonyl (C=O) groups is 1. The van der Waals surface area contributed by atoms with Gasteiger partial charge >= 0.3 is 10.1 Å². The fraction of sp³-hybridized carbons (Fsp3) is 0.143. The molecule has 0 bridgehead atoms. The third kappa shape index (κ3) is 4.72. The van der Waals surface area contributed by atoms with E-state index in [1.54, 1.807) is 18.2 Å². The lowest BCUT2D eigenvalue weighted by Gasteiger charge is -2.24. The number of ether oxygens (including phenoxy) is 1. The second-order valence-electron chi connectivity index (χ2n) is 7.07. The molecule has 0 saturated carbocycles. The van der Waals surface area contributed by atoms with Gasteiger partial charge in [0.05, 0.1) is 30.4 Å². The summed E-state index contributed by atoms with van der Waals surface area (Å²) in [7, 11) is -6.57. The van der Waals surface area contributed by atoms with Crippen molar-refractivity contribution < 1.29 is 30.6 Å². The van der Waals surface area contributed by atoms with Crippen LogP contribution < -0.4 is 8.92 Å². The number of nitrogens with zero attached hydrogens (tertiary/aromatic N) is 3. The van der Waals surface area contributed by atoms with E-state index < -0.39 is 31.7 Å². The Hall–Kier alpha value is -3.49. The first-order valence-corrected chi connectivity index (χ1v) is 13.8. The summed E-state index contributed by atoms with van der Waals surface area (Å²) in [5.74, 6) is -1.40. The average molecular weight is 535 g/mol. The highest BCUT2D eigenvalue weighted by molar-refractivity contribution is 8.16. The van der Waals surface area contributed by atoms with Crippen molar-refractivity contribution in [1.29, 1.82) is 5.41 Å². The zero-order valence-electron chi connectivity index (χ0n) is 18.3. The SMILES string of the molecule is CCS(=O)(=O)C1=NSC2=NC(=O)/C(=C\c3ccc(OS(=O)(=O)c4ccccc4)c(OC)c3)C(=N)N21. The molecular formula is C21H18N4O7S3. The second kappa shape index (κ2) is 9.28. The van der Waals surface area contributed by atoms with E-state index in [0.29, 0.717) is 17.5 Å². The summed E-state index contributed by atoms with van der Waals surface area (Å²) in [6, 6.07) is 11.8. The molecule has 4 rings (SSSR count). The van der Waals surface area contributed by atoms with Crippen LogP contribution in [0.1, 0.15) is 12.5 Å². The standard InChI is InChI=1S/C21H18N4O7S3/c1-3-34(27,28)21-24-33-20-23-19(26)15(18(22)25(20)21)11-13-9-10-16(17(12-13)31-2)32-35(29,30)14-7-5-4-6-8-14/h4-12,22H,3H2,1-2H3/b15-11-,22-18?. The van der Waals surface area contributed by atoms with Crippen LogP contribution in [-0.4, -0.2) is 56.7 Å². The van der Waals surface area contributed by atoms with Gasteiger partial charge in [0.2, 0.25) is 20.2 Å². The van der Waals surface area contributed by atoms with Crippen LogP contribution >= 0.6 is 11.9 Å². The zero-order valence-corrected chi connectivity index (χ0v) is 20.8. The number of hydrogen-bond acceptors (Lipinski definition) is 10. The lowest BCUT2D eigenvalue weighted by molar-refractivity contribution is -0.114. The first kappa shape index (κ1) is 24.6. The number of fused-ring (bicyclic) bond motifs is 1. The van der Waals surface area contributed by atoms with E-state index in [1.165, 1.54) is 50.4 Å². The Labute approximate surface area is 205 Å². The predicted octanol–water partition coefficient (Wildman–Crippen LogP) is 2.47. The molecule has 1 amide bonds. The quantitative estimate of drug-likeness (QED) is 0.334. The molecule has 0 aliphatic carbocycles. The summed E-state index contributed by atoms with van der Waals surface area (Å²) in [5.41, 5.74) is 0.185. The van der Waals surface area contributed by atoms with Gasteiger partial charge in [-0.15, -0.1) is 0 Å². The van der Waals surface area contributed by atoms with Crippen molar-refractivity contribution >= 4 is 60.1 Å². The van der Waals surface area contributed by atoms with Crippen molar-refractivity contribution in [3.05, 3.63) is 59.7 Å². The lowest BCUT2D eigenvalue weighted by Crippen LogP contribution is -2.45. The molecule has 11 nitrogen and oxygen atoms in total. The van der Waals surface area contributed by atoms with Crippen molar-refractivity contribution in [1.82, 2.24) is 4.90 Å². The van der Waals surface area contributed by atoms with Crippen LogP contribution in [0.3, 0.4) is 0 Å².